The molecule has 0 bridgehead atoms. The number of halogens is 1. The van der Waals surface area contributed by atoms with Crippen LogP contribution in [-0.4, -0.2) is 51.2 Å². The Bertz CT molecular complexity index is 736. The van der Waals surface area contributed by atoms with Crippen LogP contribution in [0.1, 0.15) is 10.4 Å². The lowest BCUT2D eigenvalue weighted by Crippen LogP contribution is -2.49. The van der Waals surface area contributed by atoms with Crippen molar-refractivity contribution < 1.29 is 14.3 Å². The van der Waals surface area contributed by atoms with Crippen molar-refractivity contribution in [1.29, 1.82) is 0 Å². The first kappa shape index (κ1) is 17.4. The van der Waals surface area contributed by atoms with E-state index in [0.29, 0.717) is 30.2 Å². The minimum atomic E-state index is -0.0758. The topological polar surface area (TPSA) is 42.0 Å². The van der Waals surface area contributed by atoms with Crippen LogP contribution in [-0.2, 0) is 0 Å². The molecular weight excluding hydrogens is 340 g/mol. The van der Waals surface area contributed by atoms with Crippen LogP contribution in [0.5, 0.6) is 11.5 Å². The molecule has 0 saturated carbocycles. The molecule has 0 radical (unpaired) electrons. The Kier molecular flexibility index (Phi) is 5.34. The number of carbonyl (C=O) groups excluding carboxylic acids is 1. The Morgan fingerprint density at radius 3 is 2.08 bits per heavy atom. The van der Waals surface area contributed by atoms with E-state index >= 15 is 0 Å². The van der Waals surface area contributed by atoms with Crippen molar-refractivity contribution in [3.8, 4) is 11.5 Å². The Morgan fingerprint density at radius 2 is 1.52 bits per heavy atom. The smallest absolute Gasteiger partial charge is 0.261 e. The van der Waals surface area contributed by atoms with Crippen molar-refractivity contribution in [2.75, 3.05) is 45.3 Å². The number of rotatable bonds is 4. The van der Waals surface area contributed by atoms with E-state index in [1.54, 1.807) is 26.4 Å². The van der Waals surface area contributed by atoms with E-state index in [4.69, 9.17) is 21.1 Å². The van der Waals surface area contributed by atoms with Gasteiger partial charge in [0.2, 0.25) is 0 Å². The standard InChI is InChI=1S/C19H21ClN2O3/c1-24-16-8-5-9-17(25-2)18(16)19(23)22-12-10-21(11-13-22)15-7-4-3-6-14(15)20/h3-9H,10-13H2,1-2H3. The molecule has 2 aromatic rings. The second kappa shape index (κ2) is 7.66. The summed E-state index contributed by atoms with van der Waals surface area (Å²) in [6.45, 7) is 2.69. The highest BCUT2D eigenvalue weighted by Crippen LogP contribution is 2.31. The summed E-state index contributed by atoms with van der Waals surface area (Å²) < 4.78 is 10.7. The molecule has 0 N–H and O–H groups in total. The van der Waals surface area contributed by atoms with Gasteiger partial charge in [0.25, 0.3) is 5.91 Å². The zero-order chi connectivity index (χ0) is 17.8. The summed E-state index contributed by atoms with van der Waals surface area (Å²) in [6.07, 6.45) is 0. The van der Waals surface area contributed by atoms with Crippen molar-refractivity contribution in [3.05, 3.63) is 53.1 Å². The summed E-state index contributed by atoms with van der Waals surface area (Å²) in [6, 6.07) is 13.1. The van der Waals surface area contributed by atoms with Crippen LogP contribution in [0.3, 0.4) is 0 Å². The predicted octanol–water partition coefficient (Wildman–Crippen LogP) is 3.32. The number of amides is 1. The maximum atomic E-state index is 13.0. The Morgan fingerprint density at radius 1 is 0.920 bits per heavy atom. The largest absolute Gasteiger partial charge is 0.496 e. The fourth-order valence-electron chi connectivity index (χ4n) is 3.08. The summed E-state index contributed by atoms with van der Waals surface area (Å²) in [5.74, 6) is 0.976. The Labute approximate surface area is 152 Å². The lowest BCUT2D eigenvalue weighted by atomic mass is 10.1. The summed E-state index contributed by atoms with van der Waals surface area (Å²) >= 11 is 6.28. The van der Waals surface area contributed by atoms with Crippen LogP contribution in [0.25, 0.3) is 0 Å². The normalized spacial score (nSPS) is 14.4. The van der Waals surface area contributed by atoms with Gasteiger partial charge in [-0.25, -0.2) is 0 Å². The highest BCUT2D eigenvalue weighted by atomic mass is 35.5. The molecule has 1 saturated heterocycles. The minimum absolute atomic E-state index is 0.0758. The zero-order valence-electron chi connectivity index (χ0n) is 14.4. The number of piperazine rings is 1. The monoisotopic (exact) mass is 360 g/mol. The summed E-state index contributed by atoms with van der Waals surface area (Å²) in [5, 5.41) is 0.730. The van der Waals surface area contributed by atoms with E-state index in [9.17, 15) is 4.79 Å². The van der Waals surface area contributed by atoms with Crippen molar-refractivity contribution in [3.63, 3.8) is 0 Å². The first-order valence-electron chi connectivity index (χ1n) is 8.15. The minimum Gasteiger partial charge on any atom is -0.496 e. The summed E-state index contributed by atoms with van der Waals surface area (Å²) in [4.78, 5) is 17.0. The van der Waals surface area contributed by atoms with Gasteiger partial charge in [-0.2, -0.15) is 0 Å². The first-order chi connectivity index (χ1) is 12.2. The molecule has 0 unspecified atom stereocenters. The number of methoxy groups -OCH3 is 2. The van der Waals surface area contributed by atoms with Crippen molar-refractivity contribution in [1.82, 2.24) is 4.90 Å². The predicted molar refractivity (Wildman–Crippen MR) is 99.1 cm³/mol. The molecule has 0 spiro atoms. The quantitative estimate of drug-likeness (QED) is 0.838. The number of benzene rings is 2. The first-order valence-corrected chi connectivity index (χ1v) is 8.53. The number of ether oxygens (including phenoxy) is 2. The Balaban J connectivity index is 1.76. The van der Waals surface area contributed by atoms with E-state index in [1.165, 1.54) is 0 Å². The van der Waals surface area contributed by atoms with Crippen molar-refractivity contribution in [2.24, 2.45) is 0 Å². The highest BCUT2D eigenvalue weighted by Gasteiger charge is 2.27. The van der Waals surface area contributed by atoms with Gasteiger partial charge in [-0.15, -0.1) is 0 Å². The molecular formula is C19H21ClN2O3. The van der Waals surface area contributed by atoms with E-state index in [1.807, 2.05) is 35.2 Å². The SMILES string of the molecule is COc1cccc(OC)c1C(=O)N1CCN(c2ccccc2Cl)CC1. The van der Waals surface area contributed by atoms with E-state index < -0.39 is 0 Å². The number of carbonyl (C=O) groups is 1. The van der Waals surface area contributed by atoms with Gasteiger partial charge in [0.15, 0.2) is 0 Å². The molecule has 6 heteroatoms. The van der Waals surface area contributed by atoms with Gasteiger partial charge < -0.3 is 19.3 Å². The van der Waals surface area contributed by atoms with Gasteiger partial charge in [0, 0.05) is 26.2 Å². The molecule has 0 atom stereocenters. The number of anilines is 1. The summed E-state index contributed by atoms with van der Waals surface area (Å²) in [5.41, 5.74) is 1.48. The number of nitrogens with zero attached hydrogens (tertiary/aromatic N) is 2. The molecule has 2 aromatic carbocycles. The second-order valence-electron chi connectivity index (χ2n) is 5.77. The van der Waals surface area contributed by atoms with Crippen LogP contribution < -0.4 is 14.4 Å². The van der Waals surface area contributed by atoms with Crippen LogP contribution in [0, 0.1) is 0 Å². The van der Waals surface area contributed by atoms with Gasteiger partial charge in [-0.3, -0.25) is 4.79 Å². The van der Waals surface area contributed by atoms with Gasteiger partial charge in [0.05, 0.1) is 24.9 Å². The third-order valence-electron chi connectivity index (χ3n) is 4.40. The molecule has 1 aliphatic rings. The van der Waals surface area contributed by atoms with Crippen LogP contribution in [0.15, 0.2) is 42.5 Å². The van der Waals surface area contributed by atoms with Crippen LogP contribution >= 0.6 is 11.6 Å². The van der Waals surface area contributed by atoms with Gasteiger partial charge in [0.1, 0.15) is 17.1 Å². The number of para-hydroxylation sites is 1. The number of hydrogen-bond acceptors (Lipinski definition) is 4. The third-order valence-corrected chi connectivity index (χ3v) is 4.72. The molecule has 1 amide bonds. The zero-order valence-corrected chi connectivity index (χ0v) is 15.1. The molecule has 132 valence electrons. The summed E-state index contributed by atoms with van der Waals surface area (Å²) in [7, 11) is 3.11. The number of hydrogen-bond donors (Lipinski definition) is 0. The fraction of sp³-hybridized carbons (Fsp3) is 0.316. The lowest BCUT2D eigenvalue weighted by Gasteiger charge is -2.36. The average molecular weight is 361 g/mol. The fourth-order valence-corrected chi connectivity index (χ4v) is 3.33. The molecule has 1 aliphatic heterocycles. The van der Waals surface area contributed by atoms with Crippen molar-refractivity contribution in [2.45, 2.75) is 0 Å². The molecule has 1 fully saturated rings. The van der Waals surface area contributed by atoms with E-state index in [2.05, 4.69) is 4.90 Å². The van der Waals surface area contributed by atoms with Crippen LogP contribution in [0.4, 0.5) is 5.69 Å². The van der Waals surface area contributed by atoms with Gasteiger partial charge in [-0.05, 0) is 24.3 Å². The van der Waals surface area contributed by atoms with E-state index in [0.717, 1.165) is 23.8 Å². The maximum Gasteiger partial charge on any atom is 0.261 e. The second-order valence-corrected chi connectivity index (χ2v) is 6.18. The average Bonchev–Trinajstić information content (AvgIpc) is 2.67. The van der Waals surface area contributed by atoms with E-state index in [-0.39, 0.29) is 5.91 Å². The molecule has 25 heavy (non-hydrogen) atoms. The molecule has 1 heterocycles. The van der Waals surface area contributed by atoms with Crippen molar-refractivity contribution >= 4 is 23.2 Å². The maximum absolute atomic E-state index is 13.0. The third kappa shape index (κ3) is 3.51. The molecule has 0 aromatic heterocycles. The molecule has 3 rings (SSSR count). The lowest BCUT2D eigenvalue weighted by molar-refractivity contribution is 0.0740. The Hall–Kier alpha value is -2.40. The van der Waals surface area contributed by atoms with Crippen LogP contribution in [0.2, 0.25) is 5.02 Å². The van der Waals surface area contributed by atoms with Gasteiger partial charge in [-0.1, -0.05) is 29.8 Å². The highest BCUT2D eigenvalue weighted by molar-refractivity contribution is 6.33. The van der Waals surface area contributed by atoms with Gasteiger partial charge >= 0.3 is 0 Å². The molecule has 5 nitrogen and oxygen atoms in total. The molecule has 0 aliphatic carbocycles.